The molecule has 0 N–H and O–H groups in total. The second kappa shape index (κ2) is 8.14. The molecule has 8 heteroatoms. The van der Waals surface area contributed by atoms with Gasteiger partial charge in [0.1, 0.15) is 5.37 Å². The highest BCUT2D eigenvalue weighted by atomic mass is 32.2. The van der Waals surface area contributed by atoms with E-state index in [-0.39, 0.29) is 23.7 Å². The molecule has 1 aromatic carbocycles. The van der Waals surface area contributed by atoms with E-state index in [4.69, 9.17) is 14.2 Å². The van der Waals surface area contributed by atoms with Crippen LogP contribution in [0.4, 0.5) is 0 Å². The van der Waals surface area contributed by atoms with Gasteiger partial charge in [-0.05, 0) is 12.1 Å². The van der Waals surface area contributed by atoms with Gasteiger partial charge in [0, 0.05) is 12.1 Å². The fourth-order valence-electron chi connectivity index (χ4n) is 2.59. The Bertz CT molecular complexity index is 621. The van der Waals surface area contributed by atoms with Gasteiger partial charge in [-0.3, -0.25) is 9.59 Å². The minimum atomic E-state index is -0.349. The Morgan fingerprint density at radius 2 is 1.88 bits per heavy atom. The number of methoxy groups -OCH3 is 4. The third-order valence-corrected chi connectivity index (χ3v) is 4.99. The van der Waals surface area contributed by atoms with Gasteiger partial charge in [0.2, 0.25) is 11.7 Å². The molecule has 1 heterocycles. The van der Waals surface area contributed by atoms with E-state index in [1.807, 2.05) is 6.07 Å². The van der Waals surface area contributed by atoms with Gasteiger partial charge in [-0.25, -0.2) is 0 Å². The van der Waals surface area contributed by atoms with Crippen molar-refractivity contribution < 1.29 is 28.5 Å². The molecule has 0 spiro atoms. The fourth-order valence-corrected chi connectivity index (χ4v) is 3.82. The summed E-state index contributed by atoms with van der Waals surface area (Å²) in [5.74, 6) is 1.53. The van der Waals surface area contributed by atoms with Gasteiger partial charge in [0.05, 0.1) is 40.6 Å². The molecule has 0 bridgehead atoms. The van der Waals surface area contributed by atoms with E-state index < -0.39 is 0 Å². The zero-order chi connectivity index (χ0) is 17.7. The summed E-state index contributed by atoms with van der Waals surface area (Å²) in [6.07, 6.45) is 0.148. The first-order valence-electron chi connectivity index (χ1n) is 7.34. The third kappa shape index (κ3) is 3.53. The van der Waals surface area contributed by atoms with Crippen LogP contribution in [-0.2, 0) is 14.3 Å². The summed E-state index contributed by atoms with van der Waals surface area (Å²) in [4.78, 5) is 25.2. The standard InChI is InChI=1S/C16H21NO6S/c1-20-11-6-5-10(14(22-3)15(11)23-4)16-17(12(18)9-24-16)8-7-13(19)21-2/h5-6,16H,7-9H2,1-4H3. The fraction of sp³-hybridized carbons (Fsp3) is 0.500. The van der Waals surface area contributed by atoms with Gasteiger partial charge in [-0.1, -0.05) is 0 Å². The molecule has 1 aliphatic rings. The van der Waals surface area contributed by atoms with Gasteiger partial charge < -0.3 is 23.8 Å². The molecule has 0 aliphatic carbocycles. The van der Waals surface area contributed by atoms with Crippen molar-refractivity contribution in [2.45, 2.75) is 11.8 Å². The SMILES string of the molecule is COC(=O)CCN1C(=O)CSC1c1ccc(OC)c(OC)c1OC. The van der Waals surface area contributed by atoms with E-state index in [2.05, 4.69) is 4.74 Å². The number of hydrogen-bond donors (Lipinski definition) is 0. The van der Waals surface area contributed by atoms with Crippen molar-refractivity contribution in [3.63, 3.8) is 0 Å². The number of benzene rings is 1. The minimum absolute atomic E-state index is 0.0225. The molecule has 1 fully saturated rings. The first-order valence-corrected chi connectivity index (χ1v) is 8.39. The number of nitrogens with zero attached hydrogens (tertiary/aromatic N) is 1. The van der Waals surface area contributed by atoms with Crippen LogP contribution in [0.15, 0.2) is 12.1 Å². The maximum atomic E-state index is 12.2. The number of esters is 1. The van der Waals surface area contributed by atoms with E-state index in [1.54, 1.807) is 25.2 Å². The van der Waals surface area contributed by atoms with Crippen LogP contribution in [0.3, 0.4) is 0 Å². The minimum Gasteiger partial charge on any atom is -0.493 e. The Morgan fingerprint density at radius 3 is 2.46 bits per heavy atom. The van der Waals surface area contributed by atoms with Crippen molar-refractivity contribution >= 4 is 23.6 Å². The lowest BCUT2D eigenvalue weighted by Crippen LogP contribution is -2.30. The highest BCUT2D eigenvalue weighted by Crippen LogP contribution is 2.48. The van der Waals surface area contributed by atoms with Crippen LogP contribution in [0, 0.1) is 0 Å². The van der Waals surface area contributed by atoms with Gasteiger partial charge in [0.15, 0.2) is 11.5 Å². The van der Waals surface area contributed by atoms with Crippen LogP contribution in [0.2, 0.25) is 0 Å². The smallest absolute Gasteiger partial charge is 0.307 e. The van der Waals surface area contributed by atoms with Gasteiger partial charge in [-0.2, -0.15) is 0 Å². The number of carbonyl (C=O) groups excluding carboxylic acids is 2. The molecule has 1 atom stereocenters. The van der Waals surface area contributed by atoms with Gasteiger partial charge >= 0.3 is 5.97 Å². The number of rotatable bonds is 7. The second-order valence-corrected chi connectivity index (χ2v) is 6.07. The van der Waals surface area contributed by atoms with E-state index >= 15 is 0 Å². The van der Waals surface area contributed by atoms with Crippen molar-refractivity contribution in [1.82, 2.24) is 4.90 Å². The van der Waals surface area contributed by atoms with Crippen LogP contribution >= 0.6 is 11.8 Å². The molecule has 1 aromatic rings. The normalized spacial score (nSPS) is 16.9. The molecular weight excluding hydrogens is 334 g/mol. The molecule has 7 nitrogen and oxygen atoms in total. The van der Waals surface area contributed by atoms with Crippen molar-refractivity contribution in [3.05, 3.63) is 17.7 Å². The molecule has 0 radical (unpaired) electrons. The van der Waals surface area contributed by atoms with Crippen LogP contribution < -0.4 is 14.2 Å². The molecule has 1 aliphatic heterocycles. The highest BCUT2D eigenvalue weighted by molar-refractivity contribution is 8.00. The number of carbonyl (C=O) groups is 2. The third-order valence-electron chi connectivity index (χ3n) is 3.75. The van der Waals surface area contributed by atoms with Crippen molar-refractivity contribution in [1.29, 1.82) is 0 Å². The molecule has 1 saturated heterocycles. The van der Waals surface area contributed by atoms with E-state index in [9.17, 15) is 9.59 Å². The Labute approximate surface area is 145 Å². The van der Waals surface area contributed by atoms with Gasteiger partial charge in [-0.15, -0.1) is 11.8 Å². The first kappa shape index (κ1) is 18.3. The van der Waals surface area contributed by atoms with Crippen molar-refractivity contribution in [2.24, 2.45) is 0 Å². The maximum absolute atomic E-state index is 12.2. The summed E-state index contributed by atoms with van der Waals surface area (Å²) in [6, 6.07) is 3.63. The summed E-state index contributed by atoms with van der Waals surface area (Å²) in [7, 11) is 5.96. The largest absolute Gasteiger partial charge is 0.493 e. The maximum Gasteiger partial charge on any atom is 0.307 e. The van der Waals surface area contributed by atoms with E-state index in [1.165, 1.54) is 26.0 Å². The predicted molar refractivity (Wildman–Crippen MR) is 89.6 cm³/mol. The summed E-state index contributed by atoms with van der Waals surface area (Å²) >= 11 is 1.48. The highest BCUT2D eigenvalue weighted by Gasteiger charge is 2.36. The van der Waals surface area contributed by atoms with Crippen molar-refractivity contribution in [3.8, 4) is 17.2 Å². The quantitative estimate of drug-likeness (QED) is 0.691. The number of ether oxygens (including phenoxy) is 4. The predicted octanol–water partition coefficient (Wildman–Crippen LogP) is 1.85. The molecule has 0 saturated carbocycles. The summed E-state index contributed by atoms with van der Waals surface area (Å²) < 4.78 is 20.8. The second-order valence-electron chi connectivity index (χ2n) is 5.00. The monoisotopic (exact) mass is 355 g/mol. The summed E-state index contributed by atoms with van der Waals surface area (Å²) in [6.45, 7) is 0.292. The number of amides is 1. The zero-order valence-corrected chi connectivity index (χ0v) is 15.0. The molecule has 132 valence electrons. The van der Waals surface area contributed by atoms with Crippen LogP contribution in [0.5, 0.6) is 17.2 Å². The molecular formula is C16H21NO6S. The molecule has 1 amide bonds. The van der Waals surface area contributed by atoms with Crippen LogP contribution in [0.1, 0.15) is 17.4 Å². The molecule has 24 heavy (non-hydrogen) atoms. The first-order chi connectivity index (χ1) is 11.6. The zero-order valence-electron chi connectivity index (χ0n) is 14.2. The molecule has 0 aromatic heterocycles. The van der Waals surface area contributed by atoms with Crippen molar-refractivity contribution in [2.75, 3.05) is 40.7 Å². The lowest BCUT2D eigenvalue weighted by molar-refractivity contribution is -0.141. The van der Waals surface area contributed by atoms with E-state index in [0.29, 0.717) is 29.5 Å². The average Bonchev–Trinajstić information content (AvgIpc) is 2.98. The lowest BCUT2D eigenvalue weighted by Gasteiger charge is -2.26. The Kier molecular flexibility index (Phi) is 6.19. The average molecular weight is 355 g/mol. The Morgan fingerprint density at radius 1 is 1.17 bits per heavy atom. The van der Waals surface area contributed by atoms with Crippen LogP contribution in [-0.4, -0.2) is 57.5 Å². The Hall–Kier alpha value is -2.09. The summed E-state index contributed by atoms with van der Waals surface area (Å²) in [5.41, 5.74) is 0.802. The van der Waals surface area contributed by atoms with Gasteiger partial charge in [0.25, 0.3) is 0 Å². The lowest BCUT2D eigenvalue weighted by atomic mass is 10.1. The topological polar surface area (TPSA) is 74.3 Å². The van der Waals surface area contributed by atoms with E-state index in [0.717, 1.165) is 5.56 Å². The Balaban J connectivity index is 2.34. The molecule has 2 rings (SSSR count). The summed E-state index contributed by atoms with van der Waals surface area (Å²) in [5, 5.41) is -0.253. The number of hydrogen-bond acceptors (Lipinski definition) is 7. The van der Waals surface area contributed by atoms with Crippen LogP contribution in [0.25, 0.3) is 0 Å². The number of thioether (sulfide) groups is 1. The molecule has 1 unspecified atom stereocenters.